The number of aliphatic hydroxyl groups is 1. The fourth-order valence-electron chi connectivity index (χ4n) is 5.28. The Hall–Kier alpha value is -2.94. The van der Waals surface area contributed by atoms with E-state index >= 15 is 0 Å². The van der Waals surface area contributed by atoms with Crippen LogP contribution in [0.4, 0.5) is 0 Å². The molecule has 0 aromatic carbocycles. The van der Waals surface area contributed by atoms with Crippen LogP contribution in [0, 0.1) is 12.8 Å². The highest BCUT2D eigenvalue weighted by Gasteiger charge is 2.39. The number of ether oxygens (including phenoxy) is 1. The first-order valence-corrected chi connectivity index (χ1v) is 11.3. The van der Waals surface area contributed by atoms with Gasteiger partial charge in [0, 0.05) is 30.7 Å². The number of carbonyl (C=O) groups excluding carboxylic acids is 2. The van der Waals surface area contributed by atoms with Crippen LogP contribution in [0.3, 0.4) is 0 Å². The molecule has 2 unspecified atom stereocenters. The molecule has 0 bridgehead atoms. The zero-order valence-corrected chi connectivity index (χ0v) is 18.5. The number of nitrogens with zero attached hydrogens (tertiary/aromatic N) is 4. The van der Waals surface area contributed by atoms with Crippen molar-refractivity contribution in [1.82, 2.24) is 25.0 Å². The minimum atomic E-state index is -0.635. The average Bonchev–Trinajstić information content (AvgIpc) is 3.56. The van der Waals surface area contributed by atoms with E-state index in [1.807, 2.05) is 17.9 Å². The standard InChI is InChI=1S/C23H29N5O4/c1-13-7-15(26-25-13)8-14-10-27(12-20(14)29)22(30)18-9-17-19(24-21(18)32-2)11-28(23(17)31)16-5-3-4-6-16/h7,9,14,16,20,29H,3-6,8,10-12H2,1-2H3,(H,25,26). The first-order valence-electron chi connectivity index (χ1n) is 11.3. The largest absolute Gasteiger partial charge is 0.480 e. The van der Waals surface area contributed by atoms with Crippen LogP contribution >= 0.6 is 0 Å². The van der Waals surface area contributed by atoms with Gasteiger partial charge in [0.1, 0.15) is 5.56 Å². The van der Waals surface area contributed by atoms with E-state index in [-0.39, 0.29) is 41.8 Å². The molecule has 2 N–H and O–H groups in total. The number of hydrogen-bond donors (Lipinski definition) is 2. The summed E-state index contributed by atoms with van der Waals surface area (Å²) >= 11 is 0. The van der Waals surface area contributed by atoms with E-state index in [0.717, 1.165) is 37.1 Å². The second-order valence-electron chi connectivity index (χ2n) is 9.19. The first kappa shape index (κ1) is 20.9. The number of amides is 2. The van der Waals surface area contributed by atoms with Gasteiger partial charge in [-0.1, -0.05) is 12.8 Å². The molecule has 2 atom stereocenters. The topological polar surface area (TPSA) is 112 Å². The molecule has 2 aromatic heterocycles. The summed E-state index contributed by atoms with van der Waals surface area (Å²) in [7, 11) is 1.48. The molecule has 0 radical (unpaired) electrons. The molecular formula is C23H29N5O4. The number of fused-ring (bicyclic) bond motifs is 1. The number of aromatic amines is 1. The van der Waals surface area contributed by atoms with Crippen molar-refractivity contribution >= 4 is 11.8 Å². The first-order chi connectivity index (χ1) is 15.4. The van der Waals surface area contributed by atoms with Crippen LogP contribution < -0.4 is 4.74 Å². The zero-order valence-electron chi connectivity index (χ0n) is 18.5. The van der Waals surface area contributed by atoms with Gasteiger partial charge in [0.05, 0.1) is 36.7 Å². The third-order valence-electron chi connectivity index (χ3n) is 6.99. The van der Waals surface area contributed by atoms with Crippen LogP contribution in [0.1, 0.15) is 63.5 Å². The summed E-state index contributed by atoms with van der Waals surface area (Å²) in [5, 5.41) is 17.7. The summed E-state index contributed by atoms with van der Waals surface area (Å²) < 4.78 is 5.43. The predicted molar refractivity (Wildman–Crippen MR) is 115 cm³/mol. The summed E-state index contributed by atoms with van der Waals surface area (Å²) in [6.07, 6.45) is 4.27. The van der Waals surface area contributed by atoms with Crippen molar-refractivity contribution in [2.24, 2.45) is 5.92 Å². The van der Waals surface area contributed by atoms with Crippen LogP contribution in [0.25, 0.3) is 0 Å². The third kappa shape index (κ3) is 3.64. The number of carbonyl (C=O) groups is 2. The average molecular weight is 440 g/mol. The second kappa shape index (κ2) is 8.20. The lowest BCUT2D eigenvalue weighted by molar-refractivity contribution is 0.0706. The number of β-amino-alcohol motifs (C(OH)–C–C–N with tert-alkyl or cyclic N) is 1. The SMILES string of the molecule is COc1nc2c(cc1C(=O)N1CC(O)C(Cc3cc(C)[nH]n3)C1)C(=O)N(C1CCCC1)C2. The number of pyridine rings is 1. The third-order valence-corrected chi connectivity index (χ3v) is 6.99. The lowest BCUT2D eigenvalue weighted by Crippen LogP contribution is -2.33. The monoisotopic (exact) mass is 439 g/mol. The Bertz CT molecular complexity index is 1050. The van der Waals surface area contributed by atoms with E-state index in [0.29, 0.717) is 30.8 Å². The van der Waals surface area contributed by atoms with Crippen LogP contribution in [0.5, 0.6) is 5.88 Å². The molecule has 2 aliphatic heterocycles. The fourth-order valence-corrected chi connectivity index (χ4v) is 5.28. The second-order valence-corrected chi connectivity index (χ2v) is 9.19. The van der Waals surface area contributed by atoms with E-state index < -0.39 is 6.10 Å². The summed E-state index contributed by atoms with van der Waals surface area (Å²) in [4.78, 5) is 34.5. The molecule has 2 fully saturated rings. The van der Waals surface area contributed by atoms with Gasteiger partial charge in [-0.05, 0) is 38.3 Å². The van der Waals surface area contributed by atoms with Crippen LogP contribution in [0.2, 0.25) is 0 Å². The Balaban J connectivity index is 1.36. The molecule has 1 saturated heterocycles. The normalized spacial score (nSPS) is 23.3. The number of likely N-dealkylation sites (tertiary alicyclic amines) is 1. The maximum Gasteiger partial charge on any atom is 0.259 e. The minimum Gasteiger partial charge on any atom is -0.480 e. The Morgan fingerprint density at radius 1 is 1.28 bits per heavy atom. The summed E-state index contributed by atoms with van der Waals surface area (Å²) in [5.74, 6) is -0.196. The van der Waals surface area contributed by atoms with Gasteiger partial charge < -0.3 is 19.6 Å². The highest BCUT2D eigenvalue weighted by atomic mass is 16.5. The molecule has 1 aliphatic carbocycles. The van der Waals surface area contributed by atoms with Gasteiger partial charge in [-0.2, -0.15) is 5.10 Å². The summed E-state index contributed by atoms with van der Waals surface area (Å²) in [5.41, 5.74) is 3.27. The number of methoxy groups -OCH3 is 1. The molecule has 2 amide bonds. The van der Waals surface area contributed by atoms with E-state index in [2.05, 4.69) is 15.2 Å². The molecule has 9 heteroatoms. The Morgan fingerprint density at radius 2 is 2.06 bits per heavy atom. The molecule has 5 rings (SSSR count). The van der Waals surface area contributed by atoms with Gasteiger partial charge in [0.15, 0.2) is 0 Å². The van der Waals surface area contributed by atoms with Crippen molar-refractivity contribution < 1.29 is 19.4 Å². The zero-order chi connectivity index (χ0) is 22.4. The van der Waals surface area contributed by atoms with Crippen LogP contribution in [-0.4, -0.2) is 74.2 Å². The molecule has 1 saturated carbocycles. The summed E-state index contributed by atoms with van der Waals surface area (Å²) in [6.45, 7) is 3.04. The van der Waals surface area contributed by atoms with Crippen LogP contribution in [0.15, 0.2) is 12.1 Å². The molecule has 2 aromatic rings. The van der Waals surface area contributed by atoms with Crippen molar-refractivity contribution in [3.8, 4) is 5.88 Å². The summed E-state index contributed by atoms with van der Waals surface area (Å²) in [6, 6.07) is 3.84. The lowest BCUT2D eigenvalue weighted by Gasteiger charge is -2.22. The predicted octanol–water partition coefficient (Wildman–Crippen LogP) is 1.70. The molecule has 4 heterocycles. The van der Waals surface area contributed by atoms with Crippen molar-refractivity contribution in [3.05, 3.63) is 40.3 Å². The number of hydrogen-bond acceptors (Lipinski definition) is 6. The number of aliphatic hydroxyl groups excluding tert-OH is 1. The fraction of sp³-hybridized carbons (Fsp3) is 0.565. The van der Waals surface area contributed by atoms with E-state index in [1.54, 1.807) is 11.0 Å². The van der Waals surface area contributed by atoms with Crippen molar-refractivity contribution in [3.63, 3.8) is 0 Å². The quantitative estimate of drug-likeness (QED) is 0.733. The van der Waals surface area contributed by atoms with Crippen molar-refractivity contribution in [1.29, 1.82) is 0 Å². The van der Waals surface area contributed by atoms with Crippen LogP contribution in [-0.2, 0) is 13.0 Å². The highest BCUT2D eigenvalue weighted by molar-refractivity contribution is 6.03. The number of nitrogens with one attached hydrogen (secondary N) is 1. The number of aromatic nitrogens is 3. The van der Waals surface area contributed by atoms with Crippen molar-refractivity contribution in [2.45, 2.75) is 57.7 Å². The van der Waals surface area contributed by atoms with Gasteiger partial charge in [0.2, 0.25) is 5.88 Å². The highest BCUT2D eigenvalue weighted by Crippen LogP contribution is 2.34. The van der Waals surface area contributed by atoms with E-state index in [9.17, 15) is 14.7 Å². The van der Waals surface area contributed by atoms with Gasteiger partial charge in [-0.25, -0.2) is 4.98 Å². The number of aryl methyl sites for hydroxylation is 1. The maximum atomic E-state index is 13.4. The molecule has 3 aliphatic rings. The Labute approximate surface area is 186 Å². The molecule has 0 spiro atoms. The smallest absolute Gasteiger partial charge is 0.259 e. The number of H-pyrrole nitrogens is 1. The van der Waals surface area contributed by atoms with Gasteiger partial charge in [0.25, 0.3) is 11.8 Å². The lowest BCUT2D eigenvalue weighted by atomic mass is 10.00. The Kier molecular flexibility index (Phi) is 5.36. The van der Waals surface area contributed by atoms with Crippen molar-refractivity contribution in [2.75, 3.05) is 20.2 Å². The molecule has 9 nitrogen and oxygen atoms in total. The van der Waals surface area contributed by atoms with Gasteiger partial charge in [-0.3, -0.25) is 14.7 Å². The van der Waals surface area contributed by atoms with Gasteiger partial charge >= 0.3 is 0 Å². The Morgan fingerprint density at radius 3 is 2.75 bits per heavy atom. The molecule has 32 heavy (non-hydrogen) atoms. The van der Waals surface area contributed by atoms with E-state index in [1.165, 1.54) is 7.11 Å². The minimum absolute atomic E-state index is 0.0515. The molecule has 170 valence electrons. The van der Waals surface area contributed by atoms with E-state index in [4.69, 9.17) is 4.74 Å². The maximum absolute atomic E-state index is 13.4. The van der Waals surface area contributed by atoms with Gasteiger partial charge in [-0.15, -0.1) is 0 Å². The molecular weight excluding hydrogens is 410 g/mol. The number of rotatable bonds is 5.